The second-order valence-electron chi connectivity index (χ2n) is 7.71. The molecular weight excluding hydrogens is 351 g/mol. The fourth-order valence-electron chi connectivity index (χ4n) is 4.57. The van der Waals surface area contributed by atoms with Gasteiger partial charge < -0.3 is 14.5 Å². The van der Waals surface area contributed by atoms with Crippen LogP contribution in [0.25, 0.3) is 0 Å². The predicted octanol–water partition coefficient (Wildman–Crippen LogP) is 1.87. The van der Waals surface area contributed by atoms with Crippen molar-refractivity contribution in [3.8, 4) is 0 Å². The van der Waals surface area contributed by atoms with Crippen LogP contribution in [0.1, 0.15) is 37.7 Å². The first kappa shape index (κ1) is 17.9. The first-order valence-electron chi connectivity index (χ1n) is 9.50. The molecular formula is C20H23FN2O4. The van der Waals surface area contributed by atoms with E-state index in [2.05, 4.69) is 0 Å². The molecule has 2 amide bonds. The van der Waals surface area contributed by atoms with E-state index in [1.165, 1.54) is 12.1 Å². The van der Waals surface area contributed by atoms with Crippen molar-refractivity contribution in [2.24, 2.45) is 5.92 Å². The quantitative estimate of drug-likeness (QED) is 0.758. The van der Waals surface area contributed by atoms with Crippen LogP contribution in [-0.4, -0.2) is 52.8 Å². The zero-order valence-electron chi connectivity index (χ0n) is 15.2. The SMILES string of the molecule is O=C1CC(C(=O)N2CCN(Cc3cccc(F)c3)C(=O)C2)C2(CCCC2)O1. The van der Waals surface area contributed by atoms with Gasteiger partial charge in [0.2, 0.25) is 11.8 Å². The van der Waals surface area contributed by atoms with Crippen LogP contribution in [0, 0.1) is 11.7 Å². The third-order valence-corrected chi connectivity index (χ3v) is 5.96. The highest BCUT2D eigenvalue weighted by Gasteiger charge is 2.55. The lowest BCUT2D eigenvalue weighted by atomic mass is 9.84. The minimum absolute atomic E-state index is 0.00504. The molecule has 4 rings (SSSR count). The lowest BCUT2D eigenvalue weighted by Crippen LogP contribution is -2.55. The fourth-order valence-corrected chi connectivity index (χ4v) is 4.57. The number of carbonyl (C=O) groups excluding carboxylic acids is 3. The highest BCUT2D eigenvalue weighted by atomic mass is 19.1. The number of esters is 1. The van der Waals surface area contributed by atoms with Gasteiger partial charge in [-0.2, -0.15) is 0 Å². The van der Waals surface area contributed by atoms with Gasteiger partial charge in [0.15, 0.2) is 0 Å². The number of amides is 2. The number of piperazine rings is 1. The first-order chi connectivity index (χ1) is 13.0. The molecule has 2 saturated heterocycles. The summed E-state index contributed by atoms with van der Waals surface area (Å²) in [7, 11) is 0. The molecule has 1 unspecified atom stereocenters. The number of carbonyl (C=O) groups is 3. The summed E-state index contributed by atoms with van der Waals surface area (Å²) in [5, 5.41) is 0. The summed E-state index contributed by atoms with van der Waals surface area (Å²) >= 11 is 0. The Kier molecular flexibility index (Phi) is 4.61. The Morgan fingerprint density at radius 1 is 1.22 bits per heavy atom. The van der Waals surface area contributed by atoms with Crippen LogP contribution in [0.4, 0.5) is 4.39 Å². The van der Waals surface area contributed by atoms with E-state index in [0.717, 1.165) is 31.2 Å². The smallest absolute Gasteiger partial charge is 0.307 e. The van der Waals surface area contributed by atoms with E-state index in [9.17, 15) is 18.8 Å². The summed E-state index contributed by atoms with van der Waals surface area (Å²) in [5.74, 6) is -1.44. The van der Waals surface area contributed by atoms with Crippen LogP contribution in [0.15, 0.2) is 24.3 Å². The number of benzene rings is 1. The third kappa shape index (κ3) is 3.42. The molecule has 0 radical (unpaired) electrons. The monoisotopic (exact) mass is 374 g/mol. The fraction of sp³-hybridized carbons (Fsp3) is 0.550. The topological polar surface area (TPSA) is 66.9 Å². The van der Waals surface area contributed by atoms with Gasteiger partial charge in [-0.05, 0) is 43.4 Å². The third-order valence-electron chi connectivity index (χ3n) is 5.96. The normalized spacial score (nSPS) is 24.6. The van der Waals surface area contributed by atoms with E-state index in [1.54, 1.807) is 21.9 Å². The molecule has 27 heavy (non-hydrogen) atoms. The highest BCUT2D eigenvalue weighted by Crippen LogP contribution is 2.46. The summed E-state index contributed by atoms with van der Waals surface area (Å²) in [6, 6.07) is 6.17. The van der Waals surface area contributed by atoms with Gasteiger partial charge in [0.25, 0.3) is 0 Å². The van der Waals surface area contributed by atoms with Crippen molar-refractivity contribution < 1.29 is 23.5 Å². The van der Waals surface area contributed by atoms with Gasteiger partial charge in [-0.25, -0.2) is 4.39 Å². The molecule has 1 spiro atoms. The summed E-state index contributed by atoms with van der Waals surface area (Å²) < 4.78 is 18.9. The molecule has 1 atom stereocenters. The van der Waals surface area contributed by atoms with Crippen molar-refractivity contribution in [3.63, 3.8) is 0 Å². The van der Waals surface area contributed by atoms with E-state index >= 15 is 0 Å². The second kappa shape index (κ2) is 6.94. The molecule has 2 heterocycles. The van der Waals surface area contributed by atoms with E-state index in [-0.39, 0.29) is 36.6 Å². The Morgan fingerprint density at radius 2 is 2.00 bits per heavy atom. The van der Waals surface area contributed by atoms with Crippen molar-refractivity contribution in [3.05, 3.63) is 35.6 Å². The van der Waals surface area contributed by atoms with Gasteiger partial charge in [0, 0.05) is 19.6 Å². The molecule has 0 bridgehead atoms. The van der Waals surface area contributed by atoms with Crippen LogP contribution in [0.3, 0.4) is 0 Å². The molecule has 1 aromatic rings. The van der Waals surface area contributed by atoms with Crippen molar-refractivity contribution in [2.75, 3.05) is 19.6 Å². The minimum atomic E-state index is -0.657. The highest BCUT2D eigenvalue weighted by molar-refractivity contribution is 5.91. The predicted molar refractivity (Wildman–Crippen MR) is 93.8 cm³/mol. The Bertz CT molecular complexity index is 775. The van der Waals surface area contributed by atoms with Gasteiger partial charge in [-0.3, -0.25) is 14.4 Å². The van der Waals surface area contributed by atoms with Crippen LogP contribution in [0.2, 0.25) is 0 Å². The lowest BCUT2D eigenvalue weighted by Gasteiger charge is -2.37. The van der Waals surface area contributed by atoms with E-state index in [4.69, 9.17) is 4.74 Å². The van der Waals surface area contributed by atoms with Crippen LogP contribution in [0.5, 0.6) is 0 Å². The van der Waals surface area contributed by atoms with E-state index < -0.39 is 11.5 Å². The van der Waals surface area contributed by atoms with Crippen molar-refractivity contribution >= 4 is 17.8 Å². The summed E-state index contributed by atoms with van der Waals surface area (Å²) in [6.07, 6.45) is 3.47. The summed E-state index contributed by atoms with van der Waals surface area (Å²) in [6.45, 7) is 1.14. The number of hydrogen-bond acceptors (Lipinski definition) is 4. The number of ether oxygens (including phenoxy) is 1. The maximum Gasteiger partial charge on any atom is 0.307 e. The van der Waals surface area contributed by atoms with Crippen molar-refractivity contribution in [2.45, 2.75) is 44.2 Å². The largest absolute Gasteiger partial charge is 0.458 e. The van der Waals surface area contributed by atoms with Gasteiger partial charge >= 0.3 is 5.97 Å². The molecule has 3 fully saturated rings. The Hall–Kier alpha value is -2.44. The zero-order valence-corrected chi connectivity index (χ0v) is 15.2. The maximum atomic E-state index is 13.3. The maximum absolute atomic E-state index is 13.3. The van der Waals surface area contributed by atoms with E-state index in [1.807, 2.05) is 0 Å². The summed E-state index contributed by atoms with van der Waals surface area (Å²) in [4.78, 5) is 40.6. The molecule has 1 aromatic carbocycles. The molecule has 0 N–H and O–H groups in total. The Balaban J connectivity index is 1.41. The average molecular weight is 374 g/mol. The molecule has 7 heteroatoms. The van der Waals surface area contributed by atoms with Gasteiger partial charge in [0.05, 0.1) is 18.9 Å². The van der Waals surface area contributed by atoms with Gasteiger partial charge in [0.1, 0.15) is 11.4 Å². The Labute approximate surface area is 157 Å². The second-order valence-corrected chi connectivity index (χ2v) is 7.71. The number of nitrogens with zero attached hydrogens (tertiary/aromatic N) is 2. The minimum Gasteiger partial charge on any atom is -0.458 e. The number of halogens is 1. The zero-order chi connectivity index (χ0) is 19.0. The first-order valence-corrected chi connectivity index (χ1v) is 9.50. The average Bonchev–Trinajstić information content (AvgIpc) is 3.23. The molecule has 1 saturated carbocycles. The van der Waals surface area contributed by atoms with E-state index in [0.29, 0.717) is 19.6 Å². The van der Waals surface area contributed by atoms with Gasteiger partial charge in [-0.1, -0.05) is 12.1 Å². The summed E-state index contributed by atoms with van der Waals surface area (Å²) in [5.41, 5.74) is 0.0680. The molecule has 1 aliphatic carbocycles. The Morgan fingerprint density at radius 3 is 2.70 bits per heavy atom. The molecule has 2 aliphatic heterocycles. The van der Waals surface area contributed by atoms with Crippen molar-refractivity contribution in [1.29, 1.82) is 0 Å². The molecule has 6 nitrogen and oxygen atoms in total. The lowest BCUT2D eigenvalue weighted by molar-refractivity contribution is -0.155. The standard InChI is InChI=1S/C20H23FN2O4/c21-15-5-3-4-14(10-15)12-22-8-9-23(13-17(22)24)19(26)16-11-18(25)27-20(16)6-1-2-7-20/h3-5,10,16H,1-2,6-9,11-13H2. The number of rotatable bonds is 3. The molecule has 144 valence electrons. The molecule has 3 aliphatic rings. The van der Waals surface area contributed by atoms with Crippen molar-refractivity contribution in [1.82, 2.24) is 9.80 Å². The molecule has 0 aromatic heterocycles. The van der Waals surface area contributed by atoms with Crippen LogP contribution < -0.4 is 0 Å². The van der Waals surface area contributed by atoms with Crippen LogP contribution >= 0.6 is 0 Å². The van der Waals surface area contributed by atoms with Gasteiger partial charge in [-0.15, -0.1) is 0 Å². The van der Waals surface area contributed by atoms with Crippen LogP contribution in [-0.2, 0) is 25.7 Å². The number of hydrogen-bond donors (Lipinski definition) is 0.